The number of hydroxylamine groups is 2. The first-order valence-electron chi connectivity index (χ1n) is 5.22. The summed E-state index contributed by atoms with van der Waals surface area (Å²) in [6.07, 6.45) is 0.188. The fourth-order valence-corrected chi connectivity index (χ4v) is 1.15. The van der Waals surface area contributed by atoms with Gasteiger partial charge in [-0.15, -0.1) is 0 Å². The van der Waals surface area contributed by atoms with Gasteiger partial charge in [0, 0.05) is 0 Å². The molecular weight excluding hydrogens is 210 g/mol. The normalized spacial score (nSPS) is 13.0. The second-order valence-corrected chi connectivity index (χ2v) is 5.21. The van der Waals surface area contributed by atoms with Crippen LogP contribution in [0.4, 0.5) is 0 Å². The molecule has 0 aliphatic rings. The predicted molar refractivity (Wildman–Crippen MR) is 60.4 cm³/mol. The van der Waals surface area contributed by atoms with Gasteiger partial charge in [0.2, 0.25) is 0 Å². The summed E-state index contributed by atoms with van der Waals surface area (Å²) in [6, 6.07) is 0. The van der Waals surface area contributed by atoms with Gasteiger partial charge in [-0.05, 0) is 34.6 Å². The van der Waals surface area contributed by atoms with Gasteiger partial charge in [0.1, 0.15) is 0 Å². The van der Waals surface area contributed by atoms with Gasteiger partial charge in [-0.1, -0.05) is 5.23 Å². The van der Waals surface area contributed by atoms with Crippen molar-refractivity contribution in [1.29, 1.82) is 0 Å². The van der Waals surface area contributed by atoms with E-state index in [9.17, 15) is 4.79 Å². The van der Waals surface area contributed by atoms with E-state index in [0.29, 0.717) is 0 Å². The summed E-state index contributed by atoms with van der Waals surface area (Å²) in [5.74, 6) is -0.301. The van der Waals surface area contributed by atoms with Crippen molar-refractivity contribution in [2.75, 3.05) is 14.2 Å². The van der Waals surface area contributed by atoms with Gasteiger partial charge >= 0.3 is 5.97 Å². The Balaban J connectivity index is 4.60. The summed E-state index contributed by atoms with van der Waals surface area (Å²) in [6.45, 7) is 9.42. The summed E-state index contributed by atoms with van der Waals surface area (Å²) >= 11 is 0. The van der Waals surface area contributed by atoms with Crippen LogP contribution in [0.15, 0.2) is 0 Å². The average Bonchev–Trinajstić information content (AvgIpc) is 2.11. The fourth-order valence-electron chi connectivity index (χ4n) is 1.15. The van der Waals surface area contributed by atoms with Crippen molar-refractivity contribution in [3.05, 3.63) is 0 Å². The molecule has 0 amide bonds. The zero-order chi connectivity index (χ0) is 13.0. The monoisotopic (exact) mass is 233 g/mol. The molecule has 0 fully saturated rings. The molecule has 16 heavy (non-hydrogen) atoms. The fraction of sp³-hybridized carbons (Fsp3) is 0.909. The lowest BCUT2D eigenvalue weighted by Crippen LogP contribution is -2.48. The highest BCUT2D eigenvalue weighted by Crippen LogP contribution is 2.23. The minimum absolute atomic E-state index is 0.188. The first-order chi connectivity index (χ1) is 7.12. The van der Waals surface area contributed by atoms with Gasteiger partial charge in [-0.3, -0.25) is 14.5 Å². The maximum absolute atomic E-state index is 11.3. The molecule has 0 atom stereocenters. The van der Waals surface area contributed by atoms with E-state index in [1.165, 1.54) is 19.4 Å². The van der Waals surface area contributed by atoms with Crippen molar-refractivity contribution in [2.24, 2.45) is 0 Å². The zero-order valence-electron chi connectivity index (χ0n) is 11.3. The Hall–Kier alpha value is -0.650. The Morgan fingerprint density at radius 1 is 1.12 bits per heavy atom. The molecule has 0 spiro atoms. The van der Waals surface area contributed by atoms with Crippen LogP contribution in [-0.2, 0) is 19.2 Å². The second-order valence-electron chi connectivity index (χ2n) is 5.21. The standard InChI is InChI=1S/C11H23NO4/c1-10(2,3)16-12(15-7)11(4,5)8-9(13)14-6/h8H2,1-7H3. The van der Waals surface area contributed by atoms with Crippen LogP contribution >= 0.6 is 0 Å². The summed E-state index contributed by atoms with van der Waals surface area (Å²) in [5, 5.41) is 1.34. The molecule has 0 aliphatic carbocycles. The quantitative estimate of drug-likeness (QED) is 0.536. The van der Waals surface area contributed by atoms with Gasteiger partial charge in [-0.2, -0.15) is 0 Å². The van der Waals surface area contributed by atoms with Crippen molar-refractivity contribution in [3.63, 3.8) is 0 Å². The highest BCUT2D eigenvalue weighted by atomic mass is 17.0. The maximum Gasteiger partial charge on any atom is 0.307 e. The Kier molecular flexibility index (Phi) is 5.38. The number of hydrogen-bond donors (Lipinski definition) is 0. The van der Waals surface area contributed by atoms with Gasteiger partial charge in [0.25, 0.3) is 0 Å². The molecule has 0 rings (SSSR count). The lowest BCUT2D eigenvalue weighted by molar-refractivity contribution is -0.427. The number of nitrogens with zero attached hydrogens (tertiary/aromatic N) is 1. The van der Waals surface area contributed by atoms with Crippen molar-refractivity contribution in [3.8, 4) is 0 Å². The number of hydrogen-bond acceptors (Lipinski definition) is 5. The van der Waals surface area contributed by atoms with Gasteiger partial charge in [-0.25, -0.2) is 0 Å². The smallest absolute Gasteiger partial charge is 0.307 e. The van der Waals surface area contributed by atoms with Crippen LogP contribution in [0.3, 0.4) is 0 Å². The molecule has 5 heteroatoms. The molecule has 5 nitrogen and oxygen atoms in total. The number of rotatable bonds is 5. The minimum atomic E-state index is -0.588. The molecule has 0 radical (unpaired) electrons. The Morgan fingerprint density at radius 3 is 1.94 bits per heavy atom. The highest BCUT2D eigenvalue weighted by Gasteiger charge is 2.34. The third kappa shape index (κ3) is 5.44. The summed E-state index contributed by atoms with van der Waals surface area (Å²) in [5.41, 5.74) is -0.974. The molecule has 0 bridgehead atoms. The molecule has 0 saturated carbocycles. The molecule has 0 unspecified atom stereocenters. The van der Waals surface area contributed by atoms with Crippen molar-refractivity contribution < 1.29 is 19.2 Å². The van der Waals surface area contributed by atoms with E-state index in [1.54, 1.807) is 0 Å². The van der Waals surface area contributed by atoms with E-state index in [1.807, 2.05) is 34.6 Å². The molecule has 0 aromatic carbocycles. The molecule has 0 saturated heterocycles. The van der Waals surface area contributed by atoms with Gasteiger partial charge in [0.05, 0.1) is 31.8 Å². The predicted octanol–water partition coefficient (Wildman–Crippen LogP) is 1.92. The van der Waals surface area contributed by atoms with E-state index < -0.39 is 5.54 Å². The van der Waals surface area contributed by atoms with Gasteiger partial charge < -0.3 is 4.74 Å². The summed E-state index contributed by atoms with van der Waals surface area (Å²) < 4.78 is 4.63. The van der Waals surface area contributed by atoms with E-state index in [2.05, 4.69) is 4.74 Å². The lowest BCUT2D eigenvalue weighted by Gasteiger charge is -2.38. The number of ether oxygens (including phenoxy) is 1. The first-order valence-corrected chi connectivity index (χ1v) is 5.22. The van der Waals surface area contributed by atoms with Crippen molar-refractivity contribution in [2.45, 2.75) is 52.2 Å². The average molecular weight is 233 g/mol. The number of carbonyl (C=O) groups excluding carboxylic acids is 1. The Bertz CT molecular complexity index is 233. The Morgan fingerprint density at radius 2 is 1.62 bits per heavy atom. The minimum Gasteiger partial charge on any atom is -0.469 e. The molecular formula is C11H23NO4. The van der Waals surface area contributed by atoms with E-state index in [0.717, 1.165) is 0 Å². The maximum atomic E-state index is 11.3. The first kappa shape index (κ1) is 15.3. The van der Waals surface area contributed by atoms with E-state index >= 15 is 0 Å². The highest BCUT2D eigenvalue weighted by molar-refractivity contribution is 5.70. The number of methoxy groups -OCH3 is 1. The lowest BCUT2D eigenvalue weighted by atomic mass is 10.0. The van der Waals surface area contributed by atoms with Crippen molar-refractivity contribution in [1.82, 2.24) is 5.23 Å². The molecule has 0 aliphatic heterocycles. The number of esters is 1. The number of carbonyl (C=O) groups is 1. The van der Waals surface area contributed by atoms with Crippen LogP contribution in [0.25, 0.3) is 0 Å². The topological polar surface area (TPSA) is 48.0 Å². The largest absolute Gasteiger partial charge is 0.469 e. The molecule has 0 aromatic heterocycles. The van der Waals surface area contributed by atoms with Crippen LogP contribution in [0.5, 0.6) is 0 Å². The van der Waals surface area contributed by atoms with Crippen LogP contribution in [0, 0.1) is 0 Å². The molecule has 0 aromatic rings. The van der Waals surface area contributed by atoms with E-state index in [-0.39, 0.29) is 18.0 Å². The van der Waals surface area contributed by atoms with Crippen LogP contribution in [0.1, 0.15) is 41.0 Å². The van der Waals surface area contributed by atoms with Crippen LogP contribution in [0.2, 0.25) is 0 Å². The molecule has 0 N–H and O–H groups in total. The molecule has 96 valence electrons. The third-order valence-electron chi connectivity index (χ3n) is 1.82. The van der Waals surface area contributed by atoms with Crippen LogP contribution in [-0.4, -0.2) is 36.6 Å². The third-order valence-corrected chi connectivity index (χ3v) is 1.82. The summed E-state index contributed by atoms with van der Waals surface area (Å²) in [7, 11) is 2.87. The Labute approximate surface area is 97.6 Å². The van der Waals surface area contributed by atoms with Gasteiger partial charge in [0.15, 0.2) is 0 Å². The van der Waals surface area contributed by atoms with E-state index in [4.69, 9.17) is 9.68 Å². The van der Waals surface area contributed by atoms with Crippen LogP contribution < -0.4 is 0 Å². The van der Waals surface area contributed by atoms with Crippen molar-refractivity contribution >= 4 is 5.97 Å². The zero-order valence-corrected chi connectivity index (χ0v) is 11.3. The molecule has 0 heterocycles. The SMILES string of the molecule is COC(=O)CC(C)(C)N(OC)OC(C)(C)C. The summed E-state index contributed by atoms with van der Waals surface area (Å²) in [4.78, 5) is 22.0. The second kappa shape index (κ2) is 5.61.